The van der Waals surface area contributed by atoms with E-state index in [2.05, 4.69) is 0 Å². The summed E-state index contributed by atoms with van der Waals surface area (Å²) in [5.41, 5.74) is 6.88. The van der Waals surface area contributed by atoms with Crippen LogP contribution >= 0.6 is 0 Å². The lowest BCUT2D eigenvalue weighted by atomic mass is 9.97. The standard InChI is InChI=1S/C15H22N2O3/c1-19-10-11-6-8-17(9-7-11)15(18)12-4-3-5-13(16)14(12)20-2/h3-5,11H,6-10,16H2,1-2H3. The van der Waals surface area contributed by atoms with E-state index >= 15 is 0 Å². The number of anilines is 1. The number of rotatable bonds is 4. The van der Waals surface area contributed by atoms with Gasteiger partial charge in [0, 0.05) is 26.8 Å². The van der Waals surface area contributed by atoms with Gasteiger partial charge in [0.05, 0.1) is 18.4 Å². The van der Waals surface area contributed by atoms with Crippen molar-refractivity contribution >= 4 is 11.6 Å². The summed E-state index contributed by atoms with van der Waals surface area (Å²) in [7, 11) is 3.25. The van der Waals surface area contributed by atoms with E-state index < -0.39 is 0 Å². The highest BCUT2D eigenvalue weighted by atomic mass is 16.5. The first-order valence-electron chi connectivity index (χ1n) is 6.88. The van der Waals surface area contributed by atoms with E-state index in [9.17, 15) is 4.79 Å². The molecule has 2 rings (SSSR count). The van der Waals surface area contributed by atoms with E-state index in [1.165, 1.54) is 7.11 Å². The Morgan fingerprint density at radius 2 is 2.05 bits per heavy atom. The third kappa shape index (κ3) is 3.04. The molecule has 1 aromatic carbocycles. The normalized spacial score (nSPS) is 16.2. The summed E-state index contributed by atoms with van der Waals surface area (Å²) in [5, 5.41) is 0. The number of hydrogen-bond donors (Lipinski definition) is 1. The number of nitrogen functional groups attached to an aromatic ring is 1. The summed E-state index contributed by atoms with van der Waals surface area (Å²) >= 11 is 0. The molecule has 0 aliphatic carbocycles. The van der Waals surface area contributed by atoms with Crippen molar-refractivity contribution in [1.29, 1.82) is 0 Å². The first kappa shape index (κ1) is 14.7. The molecule has 1 aromatic rings. The largest absolute Gasteiger partial charge is 0.494 e. The molecule has 0 saturated carbocycles. The second-order valence-corrected chi connectivity index (χ2v) is 5.12. The van der Waals surface area contributed by atoms with Crippen LogP contribution in [-0.4, -0.2) is 44.7 Å². The molecule has 0 aromatic heterocycles. The van der Waals surface area contributed by atoms with Gasteiger partial charge in [0.2, 0.25) is 0 Å². The number of hydrogen-bond acceptors (Lipinski definition) is 4. The Kier molecular flexibility index (Phi) is 4.84. The molecular formula is C15H22N2O3. The number of carbonyl (C=O) groups is 1. The second-order valence-electron chi connectivity index (χ2n) is 5.12. The zero-order valence-electron chi connectivity index (χ0n) is 12.1. The first-order valence-corrected chi connectivity index (χ1v) is 6.88. The van der Waals surface area contributed by atoms with Crippen LogP contribution in [0.5, 0.6) is 5.75 Å². The third-order valence-electron chi connectivity index (χ3n) is 3.78. The smallest absolute Gasteiger partial charge is 0.257 e. The first-order chi connectivity index (χ1) is 9.67. The van der Waals surface area contributed by atoms with Gasteiger partial charge in [-0.1, -0.05) is 6.07 Å². The fourth-order valence-electron chi connectivity index (χ4n) is 2.66. The number of ether oxygens (including phenoxy) is 2. The fraction of sp³-hybridized carbons (Fsp3) is 0.533. The highest BCUT2D eigenvalue weighted by Crippen LogP contribution is 2.28. The van der Waals surface area contributed by atoms with Gasteiger partial charge >= 0.3 is 0 Å². The highest BCUT2D eigenvalue weighted by Gasteiger charge is 2.25. The Labute approximate surface area is 119 Å². The van der Waals surface area contributed by atoms with E-state index in [4.69, 9.17) is 15.2 Å². The van der Waals surface area contributed by atoms with E-state index in [0.717, 1.165) is 32.5 Å². The van der Waals surface area contributed by atoms with Gasteiger partial charge in [0.25, 0.3) is 5.91 Å². The van der Waals surface area contributed by atoms with Gasteiger partial charge in [-0.2, -0.15) is 0 Å². The van der Waals surface area contributed by atoms with Crippen molar-refractivity contribution in [2.75, 3.05) is 39.6 Å². The summed E-state index contributed by atoms with van der Waals surface area (Å²) < 4.78 is 10.4. The number of piperidine rings is 1. The molecule has 0 unspecified atom stereocenters. The SMILES string of the molecule is COCC1CCN(C(=O)c2cccc(N)c2OC)CC1. The molecule has 0 radical (unpaired) electrons. The van der Waals surface area contributed by atoms with Gasteiger partial charge in [0.1, 0.15) is 0 Å². The number of amides is 1. The quantitative estimate of drug-likeness (QED) is 0.853. The van der Waals surface area contributed by atoms with E-state index in [1.807, 2.05) is 4.90 Å². The minimum atomic E-state index is -0.00924. The Morgan fingerprint density at radius 3 is 2.65 bits per heavy atom. The maximum atomic E-state index is 12.6. The zero-order valence-corrected chi connectivity index (χ0v) is 12.1. The van der Waals surface area contributed by atoms with Crippen molar-refractivity contribution in [3.63, 3.8) is 0 Å². The van der Waals surface area contributed by atoms with Gasteiger partial charge in [-0.3, -0.25) is 4.79 Å². The van der Waals surface area contributed by atoms with Crippen LogP contribution in [0.2, 0.25) is 0 Å². The summed E-state index contributed by atoms with van der Waals surface area (Å²) in [6.45, 7) is 2.28. The van der Waals surface area contributed by atoms with Crippen molar-refractivity contribution in [2.24, 2.45) is 5.92 Å². The van der Waals surface area contributed by atoms with Crippen LogP contribution in [0.4, 0.5) is 5.69 Å². The van der Waals surface area contributed by atoms with Gasteiger partial charge < -0.3 is 20.1 Å². The predicted molar refractivity (Wildman–Crippen MR) is 77.9 cm³/mol. The summed E-state index contributed by atoms with van der Waals surface area (Å²) in [6.07, 6.45) is 1.95. The van der Waals surface area contributed by atoms with Crippen molar-refractivity contribution in [3.05, 3.63) is 23.8 Å². The van der Waals surface area contributed by atoms with Gasteiger partial charge in [0.15, 0.2) is 5.75 Å². The number of methoxy groups -OCH3 is 2. The number of para-hydroxylation sites is 1. The van der Waals surface area contributed by atoms with E-state index in [-0.39, 0.29) is 5.91 Å². The molecular weight excluding hydrogens is 256 g/mol. The predicted octanol–water partition coefficient (Wildman–Crippen LogP) is 1.78. The lowest BCUT2D eigenvalue weighted by molar-refractivity contribution is 0.0611. The Hall–Kier alpha value is -1.75. The summed E-state index contributed by atoms with van der Waals surface area (Å²) in [4.78, 5) is 14.4. The van der Waals surface area contributed by atoms with Gasteiger partial charge in [-0.05, 0) is 30.9 Å². The Morgan fingerprint density at radius 1 is 1.35 bits per heavy atom. The lowest BCUT2D eigenvalue weighted by Crippen LogP contribution is -2.39. The maximum Gasteiger partial charge on any atom is 0.257 e. The average molecular weight is 278 g/mol. The monoisotopic (exact) mass is 278 g/mol. The summed E-state index contributed by atoms with van der Waals surface area (Å²) in [6, 6.07) is 5.28. The molecule has 0 atom stereocenters. The summed E-state index contributed by atoms with van der Waals surface area (Å²) in [5.74, 6) is 1.01. The molecule has 1 heterocycles. The second kappa shape index (κ2) is 6.61. The van der Waals surface area contributed by atoms with Crippen LogP contribution in [0, 0.1) is 5.92 Å². The number of benzene rings is 1. The number of nitrogens with two attached hydrogens (primary N) is 1. The van der Waals surface area contributed by atoms with Crippen molar-refractivity contribution in [1.82, 2.24) is 4.90 Å². The molecule has 5 nitrogen and oxygen atoms in total. The minimum absolute atomic E-state index is 0.00924. The van der Waals surface area contributed by atoms with E-state index in [1.54, 1.807) is 25.3 Å². The van der Waals surface area contributed by atoms with Crippen molar-refractivity contribution in [3.8, 4) is 5.75 Å². The van der Waals surface area contributed by atoms with Crippen LogP contribution in [-0.2, 0) is 4.74 Å². The molecule has 1 amide bonds. The van der Waals surface area contributed by atoms with Crippen molar-refractivity contribution < 1.29 is 14.3 Å². The van der Waals surface area contributed by atoms with Crippen LogP contribution in [0.15, 0.2) is 18.2 Å². The van der Waals surface area contributed by atoms with Crippen molar-refractivity contribution in [2.45, 2.75) is 12.8 Å². The molecule has 0 bridgehead atoms. The topological polar surface area (TPSA) is 64.8 Å². The zero-order chi connectivity index (χ0) is 14.5. The van der Waals surface area contributed by atoms with Crippen LogP contribution in [0.25, 0.3) is 0 Å². The van der Waals surface area contributed by atoms with Crippen LogP contribution in [0.1, 0.15) is 23.2 Å². The minimum Gasteiger partial charge on any atom is -0.494 e. The third-order valence-corrected chi connectivity index (χ3v) is 3.78. The number of nitrogens with zero attached hydrogens (tertiary/aromatic N) is 1. The Balaban J connectivity index is 2.08. The number of likely N-dealkylation sites (tertiary alicyclic amines) is 1. The molecule has 1 aliphatic rings. The lowest BCUT2D eigenvalue weighted by Gasteiger charge is -2.32. The molecule has 1 fully saturated rings. The van der Waals surface area contributed by atoms with Gasteiger partial charge in [-0.15, -0.1) is 0 Å². The molecule has 1 aliphatic heterocycles. The molecule has 2 N–H and O–H groups in total. The molecule has 1 saturated heterocycles. The average Bonchev–Trinajstić information content (AvgIpc) is 2.47. The molecule has 0 spiro atoms. The molecule has 110 valence electrons. The highest BCUT2D eigenvalue weighted by molar-refractivity contribution is 5.98. The molecule has 20 heavy (non-hydrogen) atoms. The van der Waals surface area contributed by atoms with E-state index in [0.29, 0.717) is 22.9 Å². The number of carbonyl (C=O) groups excluding carboxylic acids is 1. The fourth-order valence-corrected chi connectivity index (χ4v) is 2.66. The van der Waals surface area contributed by atoms with Crippen LogP contribution < -0.4 is 10.5 Å². The molecule has 5 heteroatoms. The van der Waals surface area contributed by atoms with Crippen LogP contribution in [0.3, 0.4) is 0 Å². The van der Waals surface area contributed by atoms with Gasteiger partial charge in [-0.25, -0.2) is 0 Å². The Bertz CT molecular complexity index is 468. The maximum absolute atomic E-state index is 12.6.